The first-order chi connectivity index (χ1) is 9.65. The van der Waals surface area contributed by atoms with Gasteiger partial charge in [-0.2, -0.15) is 0 Å². The second-order valence-electron chi connectivity index (χ2n) is 5.51. The molecule has 0 bridgehead atoms. The Bertz CT molecular complexity index is 441. The number of amides is 1. The van der Waals surface area contributed by atoms with E-state index in [1.807, 2.05) is 19.2 Å². The number of anilines is 1. The fraction of sp³-hybridized carbons (Fsp3) is 0.600. The van der Waals surface area contributed by atoms with Crippen LogP contribution in [0.5, 0.6) is 0 Å². The highest BCUT2D eigenvalue weighted by Gasteiger charge is 2.13. The molecule has 0 radical (unpaired) electrons. The standard InChI is InChI=1S/C15H24N4O/c1-12(16)4-5-15(20)18-11-13-6-7-17-14(10-13)19-8-2-3-9-19/h6-7,10,12H,2-5,8-9,11,16H2,1H3,(H,18,20). The number of pyridine rings is 1. The van der Waals surface area contributed by atoms with Crippen LogP contribution < -0.4 is 16.0 Å². The quantitative estimate of drug-likeness (QED) is 0.824. The summed E-state index contributed by atoms with van der Waals surface area (Å²) in [6.07, 6.45) is 5.50. The van der Waals surface area contributed by atoms with Gasteiger partial charge in [0.2, 0.25) is 5.91 Å². The molecule has 2 heterocycles. The van der Waals surface area contributed by atoms with Crippen molar-refractivity contribution >= 4 is 11.7 Å². The molecular weight excluding hydrogens is 252 g/mol. The maximum absolute atomic E-state index is 11.7. The molecule has 5 heteroatoms. The largest absolute Gasteiger partial charge is 0.357 e. The highest BCUT2D eigenvalue weighted by Crippen LogP contribution is 2.18. The van der Waals surface area contributed by atoms with Gasteiger partial charge in [-0.1, -0.05) is 0 Å². The Balaban J connectivity index is 1.83. The molecule has 1 amide bonds. The summed E-state index contributed by atoms with van der Waals surface area (Å²) in [7, 11) is 0. The molecule has 1 atom stereocenters. The van der Waals surface area contributed by atoms with E-state index in [-0.39, 0.29) is 11.9 Å². The van der Waals surface area contributed by atoms with E-state index in [0.29, 0.717) is 13.0 Å². The summed E-state index contributed by atoms with van der Waals surface area (Å²) < 4.78 is 0. The molecule has 2 rings (SSSR count). The van der Waals surface area contributed by atoms with Crippen molar-refractivity contribution in [2.45, 2.75) is 45.2 Å². The van der Waals surface area contributed by atoms with Crippen LogP contribution in [0.1, 0.15) is 38.2 Å². The third-order valence-corrected chi connectivity index (χ3v) is 3.56. The zero-order valence-corrected chi connectivity index (χ0v) is 12.1. The molecule has 1 unspecified atom stereocenters. The predicted molar refractivity (Wildman–Crippen MR) is 80.4 cm³/mol. The van der Waals surface area contributed by atoms with Gasteiger partial charge in [-0.15, -0.1) is 0 Å². The molecule has 1 aliphatic heterocycles. The van der Waals surface area contributed by atoms with Gasteiger partial charge in [-0.25, -0.2) is 4.98 Å². The number of nitrogens with two attached hydrogens (primary N) is 1. The molecule has 1 saturated heterocycles. The molecule has 0 aromatic carbocycles. The van der Waals surface area contributed by atoms with E-state index >= 15 is 0 Å². The Morgan fingerprint density at radius 3 is 2.95 bits per heavy atom. The first-order valence-corrected chi connectivity index (χ1v) is 7.37. The van der Waals surface area contributed by atoms with Crippen LogP contribution in [0.2, 0.25) is 0 Å². The Kier molecular flexibility index (Phi) is 5.35. The summed E-state index contributed by atoms with van der Waals surface area (Å²) in [6.45, 7) is 4.63. The third-order valence-electron chi connectivity index (χ3n) is 3.56. The fourth-order valence-electron chi connectivity index (χ4n) is 2.34. The highest BCUT2D eigenvalue weighted by atomic mass is 16.1. The van der Waals surface area contributed by atoms with Crippen LogP contribution in [-0.4, -0.2) is 30.0 Å². The summed E-state index contributed by atoms with van der Waals surface area (Å²) >= 11 is 0. The van der Waals surface area contributed by atoms with Crippen molar-refractivity contribution in [2.75, 3.05) is 18.0 Å². The second kappa shape index (κ2) is 7.24. The minimum atomic E-state index is 0.0573. The number of carbonyl (C=O) groups excluding carboxylic acids is 1. The minimum Gasteiger partial charge on any atom is -0.357 e. The van der Waals surface area contributed by atoms with Gasteiger partial charge < -0.3 is 16.0 Å². The predicted octanol–water partition coefficient (Wildman–Crippen LogP) is 1.43. The number of aromatic nitrogens is 1. The van der Waals surface area contributed by atoms with Gasteiger partial charge in [-0.3, -0.25) is 4.79 Å². The lowest BCUT2D eigenvalue weighted by Gasteiger charge is -2.17. The number of hydrogen-bond acceptors (Lipinski definition) is 4. The Morgan fingerprint density at radius 2 is 2.25 bits per heavy atom. The van der Waals surface area contributed by atoms with Crippen LogP contribution >= 0.6 is 0 Å². The lowest BCUT2D eigenvalue weighted by molar-refractivity contribution is -0.121. The van der Waals surface area contributed by atoms with Crippen LogP contribution in [0.25, 0.3) is 0 Å². The number of nitrogens with one attached hydrogen (secondary N) is 1. The van der Waals surface area contributed by atoms with E-state index in [9.17, 15) is 4.79 Å². The smallest absolute Gasteiger partial charge is 0.220 e. The fourth-order valence-corrected chi connectivity index (χ4v) is 2.34. The molecule has 0 aliphatic carbocycles. The molecule has 1 aromatic rings. The summed E-state index contributed by atoms with van der Waals surface area (Å²) in [5, 5.41) is 2.93. The van der Waals surface area contributed by atoms with Gasteiger partial charge in [0.05, 0.1) is 0 Å². The monoisotopic (exact) mass is 276 g/mol. The normalized spacial score (nSPS) is 16.2. The zero-order valence-electron chi connectivity index (χ0n) is 12.1. The lowest BCUT2D eigenvalue weighted by Crippen LogP contribution is -2.25. The molecule has 0 spiro atoms. The number of hydrogen-bond donors (Lipinski definition) is 2. The van der Waals surface area contributed by atoms with E-state index in [4.69, 9.17) is 5.73 Å². The molecule has 5 nitrogen and oxygen atoms in total. The molecule has 1 aromatic heterocycles. The van der Waals surface area contributed by atoms with Crippen molar-refractivity contribution in [2.24, 2.45) is 5.73 Å². The zero-order chi connectivity index (χ0) is 14.4. The average molecular weight is 276 g/mol. The van der Waals surface area contributed by atoms with E-state index in [1.54, 1.807) is 0 Å². The number of rotatable bonds is 6. The maximum Gasteiger partial charge on any atom is 0.220 e. The number of nitrogens with zero attached hydrogens (tertiary/aromatic N) is 2. The van der Waals surface area contributed by atoms with Crippen LogP contribution in [-0.2, 0) is 11.3 Å². The van der Waals surface area contributed by atoms with Crippen molar-refractivity contribution in [1.82, 2.24) is 10.3 Å². The Morgan fingerprint density at radius 1 is 1.50 bits per heavy atom. The first kappa shape index (κ1) is 14.8. The van der Waals surface area contributed by atoms with Crippen molar-refractivity contribution in [3.05, 3.63) is 23.9 Å². The SMILES string of the molecule is CC(N)CCC(=O)NCc1ccnc(N2CCCC2)c1. The highest BCUT2D eigenvalue weighted by molar-refractivity contribution is 5.75. The number of carbonyl (C=O) groups is 1. The molecular formula is C15H24N4O. The van der Waals surface area contributed by atoms with Gasteiger partial charge in [-0.05, 0) is 43.9 Å². The second-order valence-corrected chi connectivity index (χ2v) is 5.51. The summed E-state index contributed by atoms with van der Waals surface area (Å²) in [4.78, 5) is 18.4. The lowest BCUT2D eigenvalue weighted by atomic mass is 10.2. The molecule has 1 aliphatic rings. The van der Waals surface area contributed by atoms with Gasteiger partial charge in [0.15, 0.2) is 0 Å². The summed E-state index contributed by atoms with van der Waals surface area (Å²) in [5.74, 6) is 1.08. The summed E-state index contributed by atoms with van der Waals surface area (Å²) in [6, 6.07) is 4.09. The van der Waals surface area contributed by atoms with Crippen molar-refractivity contribution in [1.29, 1.82) is 0 Å². The summed E-state index contributed by atoms with van der Waals surface area (Å²) in [5.41, 5.74) is 6.74. The molecule has 3 N–H and O–H groups in total. The minimum absolute atomic E-state index is 0.0573. The Hall–Kier alpha value is -1.62. The van der Waals surface area contributed by atoms with Crippen LogP contribution in [0.4, 0.5) is 5.82 Å². The van der Waals surface area contributed by atoms with Gasteiger partial charge in [0, 0.05) is 38.3 Å². The molecule has 0 saturated carbocycles. The first-order valence-electron chi connectivity index (χ1n) is 7.37. The van der Waals surface area contributed by atoms with Gasteiger partial charge in [0.1, 0.15) is 5.82 Å². The maximum atomic E-state index is 11.7. The molecule has 1 fully saturated rings. The van der Waals surface area contributed by atoms with E-state index in [2.05, 4.69) is 21.3 Å². The molecule has 20 heavy (non-hydrogen) atoms. The van der Waals surface area contributed by atoms with E-state index in [1.165, 1.54) is 12.8 Å². The topological polar surface area (TPSA) is 71.2 Å². The van der Waals surface area contributed by atoms with Crippen LogP contribution in [0, 0.1) is 0 Å². The van der Waals surface area contributed by atoms with Crippen molar-refractivity contribution in [3.63, 3.8) is 0 Å². The van der Waals surface area contributed by atoms with E-state index < -0.39 is 0 Å². The average Bonchev–Trinajstić information content (AvgIpc) is 2.97. The van der Waals surface area contributed by atoms with Crippen LogP contribution in [0.15, 0.2) is 18.3 Å². The van der Waals surface area contributed by atoms with Gasteiger partial charge in [0.25, 0.3) is 0 Å². The molecule has 110 valence electrons. The van der Waals surface area contributed by atoms with Crippen molar-refractivity contribution in [3.8, 4) is 0 Å². The van der Waals surface area contributed by atoms with Crippen LogP contribution in [0.3, 0.4) is 0 Å². The van der Waals surface area contributed by atoms with E-state index in [0.717, 1.165) is 30.9 Å². The third kappa shape index (κ3) is 4.49. The van der Waals surface area contributed by atoms with Gasteiger partial charge >= 0.3 is 0 Å². The Labute approximate surface area is 120 Å². The van der Waals surface area contributed by atoms with Crippen molar-refractivity contribution < 1.29 is 4.79 Å².